The summed E-state index contributed by atoms with van der Waals surface area (Å²) in [7, 11) is 0. The van der Waals surface area contributed by atoms with Crippen molar-refractivity contribution in [3.8, 4) is 0 Å². The van der Waals surface area contributed by atoms with Crippen molar-refractivity contribution < 1.29 is 14.7 Å². The van der Waals surface area contributed by atoms with Crippen LogP contribution >= 0.6 is 0 Å². The molecule has 1 fully saturated rings. The van der Waals surface area contributed by atoms with Gasteiger partial charge < -0.3 is 10.4 Å². The van der Waals surface area contributed by atoms with Gasteiger partial charge in [-0.1, -0.05) is 29.8 Å². The first-order valence-electron chi connectivity index (χ1n) is 8.93. The van der Waals surface area contributed by atoms with E-state index >= 15 is 0 Å². The highest BCUT2D eigenvalue weighted by Gasteiger charge is 2.24. The molecule has 1 heterocycles. The number of carbonyl (C=O) groups excluding carboxylic acids is 1. The van der Waals surface area contributed by atoms with Crippen LogP contribution in [-0.4, -0.2) is 35.0 Å². The molecule has 0 atom stereocenters. The number of carbonyl (C=O) groups is 2. The third kappa shape index (κ3) is 4.70. The molecule has 2 aromatic rings. The van der Waals surface area contributed by atoms with Crippen LogP contribution in [-0.2, 0) is 11.3 Å². The van der Waals surface area contributed by atoms with E-state index in [2.05, 4.69) is 10.2 Å². The van der Waals surface area contributed by atoms with Gasteiger partial charge in [0.05, 0.1) is 5.92 Å². The second kappa shape index (κ2) is 8.15. The normalized spacial score (nSPS) is 15.6. The lowest BCUT2D eigenvalue weighted by Gasteiger charge is -2.30. The lowest BCUT2D eigenvalue weighted by atomic mass is 9.97. The highest BCUT2D eigenvalue weighted by molar-refractivity contribution is 6.04. The van der Waals surface area contributed by atoms with E-state index in [4.69, 9.17) is 5.11 Å². The summed E-state index contributed by atoms with van der Waals surface area (Å²) in [6.45, 7) is 4.30. The molecule has 0 spiro atoms. The lowest BCUT2D eigenvalue weighted by molar-refractivity contribution is -0.143. The van der Waals surface area contributed by atoms with E-state index in [0.717, 1.165) is 36.4 Å². The molecule has 1 saturated heterocycles. The summed E-state index contributed by atoms with van der Waals surface area (Å²) in [5.41, 5.74) is 3.58. The Morgan fingerprint density at radius 3 is 2.54 bits per heavy atom. The molecule has 1 aliphatic rings. The van der Waals surface area contributed by atoms with Crippen molar-refractivity contribution in [2.24, 2.45) is 5.92 Å². The molecule has 3 rings (SSSR count). The molecule has 0 aliphatic carbocycles. The van der Waals surface area contributed by atoms with Crippen LogP contribution in [0.5, 0.6) is 0 Å². The maximum Gasteiger partial charge on any atom is 0.306 e. The number of hydrogen-bond acceptors (Lipinski definition) is 3. The third-order valence-electron chi connectivity index (χ3n) is 4.81. The van der Waals surface area contributed by atoms with Crippen LogP contribution in [0.25, 0.3) is 0 Å². The van der Waals surface area contributed by atoms with E-state index in [1.54, 1.807) is 6.07 Å². The highest BCUT2D eigenvalue weighted by atomic mass is 16.4. The third-order valence-corrected chi connectivity index (χ3v) is 4.81. The average Bonchev–Trinajstić information content (AvgIpc) is 2.62. The molecule has 1 amide bonds. The van der Waals surface area contributed by atoms with Crippen LogP contribution in [0.3, 0.4) is 0 Å². The molecule has 0 saturated carbocycles. The fourth-order valence-corrected chi connectivity index (χ4v) is 3.33. The number of carboxylic acid groups (broad SMARTS) is 1. The number of carboxylic acids is 1. The summed E-state index contributed by atoms with van der Waals surface area (Å²) in [5.74, 6) is -1.02. The fraction of sp³-hybridized carbons (Fsp3) is 0.333. The molecule has 0 unspecified atom stereocenters. The van der Waals surface area contributed by atoms with Gasteiger partial charge in [0.15, 0.2) is 0 Å². The zero-order valence-corrected chi connectivity index (χ0v) is 14.9. The van der Waals surface area contributed by atoms with E-state index in [0.29, 0.717) is 18.4 Å². The summed E-state index contributed by atoms with van der Waals surface area (Å²) in [6.07, 6.45) is 1.39. The molecule has 5 nitrogen and oxygen atoms in total. The van der Waals surface area contributed by atoms with Crippen molar-refractivity contribution in [1.29, 1.82) is 0 Å². The van der Waals surface area contributed by atoms with E-state index in [-0.39, 0.29) is 11.8 Å². The number of hydrogen-bond donors (Lipinski definition) is 2. The predicted molar refractivity (Wildman–Crippen MR) is 101 cm³/mol. The summed E-state index contributed by atoms with van der Waals surface area (Å²) in [5, 5.41) is 12.0. The van der Waals surface area contributed by atoms with E-state index < -0.39 is 5.97 Å². The standard InChI is InChI=1S/C21H24N2O3/c1-15-4-2-6-18(12-15)20(24)22-19-7-3-5-16(13-19)14-23-10-8-17(9-11-23)21(25)26/h2-7,12-13,17H,8-11,14H2,1H3,(H,22,24)(H,25,26). The Bertz CT molecular complexity index is 795. The van der Waals surface area contributed by atoms with Crippen molar-refractivity contribution in [1.82, 2.24) is 4.90 Å². The van der Waals surface area contributed by atoms with Crippen molar-refractivity contribution >= 4 is 17.6 Å². The number of nitrogens with one attached hydrogen (secondary N) is 1. The molecular formula is C21H24N2O3. The van der Waals surface area contributed by atoms with Crippen molar-refractivity contribution in [2.45, 2.75) is 26.3 Å². The number of benzene rings is 2. The van der Waals surface area contributed by atoms with Gasteiger partial charge in [-0.3, -0.25) is 14.5 Å². The Kier molecular flexibility index (Phi) is 5.68. The Balaban J connectivity index is 1.60. The zero-order chi connectivity index (χ0) is 18.5. The van der Waals surface area contributed by atoms with Gasteiger partial charge in [-0.15, -0.1) is 0 Å². The second-order valence-corrected chi connectivity index (χ2v) is 6.91. The van der Waals surface area contributed by atoms with Gasteiger partial charge in [0.1, 0.15) is 0 Å². The van der Waals surface area contributed by atoms with E-state index in [9.17, 15) is 9.59 Å². The minimum atomic E-state index is -0.689. The monoisotopic (exact) mass is 352 g/mol. The van der Waals surface area contributed by atoms with Crippen molar-refractivity contribution in [3.63, 3.8) is 0 Å². The topological polar surface area (TPSA) is 69.6 Å². The van der Waals surface area contributed by atoms with Gasteiger partial charge in [-0.2, -0.15) is 0 Å². The van der Waals surface area contributed by atoms with Gasteiger partial charge in [0.2, 0.25) is 0 Å². The quantitative estimate of drug-likeness (QED) is 0.863. The Hall–Kier alpha value is -2.66. The molecule has 0 aromatic heterocycles. The first kappa shape index (κ1) is 18.1. The summed E-state index contributed by atoms with van der Waals surface area (Å²) in [6, 6.07) is 15.3. The Morgan fingerprint density at radius 1 is 1.12 bits per heavy atom. The van der Waals surface area contributed by atoms with E-state index in [1.165, 1.54) is 0 Å². The van der Waals surface area contributed by atoms with Crippen molar-refractivity contribution in [2.75, 3.05) is 18.4 Å². The number of aryl methyl sites for hydroxylation is 1. The average molecular weight is 352 g/mol. The molecule has 1 aliphatic heterocycles. The van der Waals surface area contributed by atoms with Gasteiger partial charge in [0, 0.05) is 17.8 Å². The largest absolute Gasteiger partial charge is 0.481 e. The predicted octanol–water partition coefficient (Wildman–Crippen LogP) is 3.54. The van der Waals surface area contributed by atoms with Crippen LogP contribution in [0.2, 0.25) is 0 Å². The summed E-state index contributed by atoms with van der Waals surface area (Å²) >= 11 is 0. The number of piperidine rings is 1. The first-order chi connectivity index (χ1) is 12.5. The molecule has 0 radical (unpaired) electrons. The number of anilines is 1. The maximum absolute atomic E-state index is 12.4. The molecule has 26 heavy (non-hydrogen) atoms. The second-order valence-electron chi connectivity index (χ2n) is 6.91. The zero-order valence-electron chi connectivity index (χ0n) is 14.9. The SMILES string of the molecule is Cc1cccc(C(=O)Nc2cccc(CN3CCC(C(=O)O)CC3)c2)c1. The number of amides is 1. The van der Waals surface area contributed by atoms with Crippen LogP contribution in [0.4, 0.5) is 5.69 Å². The van der Waals surface area contributed by atoms with Gasteiger partial charge in [-0.05, 0) is 62.7 Å². The van der Waals surface area contributed by atoms with Crippen molar-refractivity contribution in [3.05, 3.63) is 65.2 Å². The molecule has 5 heteroatoms. The molecule has 2 N–H and O–H groups in total. The smallest absolute Gasteiger partial charge is 0.306 e. The van der Waals surface area contributed by atoms with Gasteiger partial charge in [-0.25, -0.2) is 0 Å². The Labute approximate surface area is 153 Å². The minimum Gasteiger partial charge on any atom is -0.481 e. The molecule has 2 aromatic carbocycles. The lowest BCUT2D eigenvalue weighted by Crippen LogP contribution is -2.35. The van der Waals surface area contributed by atoms with Gasteiger partial charge in [0.25, 0.3) is 5.91 Å². The maximum atomic E-state index is 12.4. The van der Waals surface area contributed by atoms with Crippen LogP contribution in [0.15, 0.2) is 48.5 Å². The number of rotatable bonds is 5. The molecule has 136 valence electrons. The van der Waals surface area contributed by atoms with Crippen LogP contribution in [0, 0.1) is 12.8 Å². The van der Waals surface area contributed by atoms with Gasteiger partial charge >= 0.3 is 5.97 Å². The number of nitrogens with zero attached hydrogens (tertiary/aromatic N) is 1. The Morgan fingerprint density at radius 2 is 1.85 bits per heavy atom. The molecule has 0 bridgehead atoms. The first-order valence-corrected chi connectivity index (χ1v) is 8.93. The number of aliphatic carboxylic acids is 1. The minimum absolute atomic E-state index is 0.117. The number of likely N-dealkylation sites (tertiary alicyclic amines) is 1. The summed E-state index contributed by atoms with van der Waals surface area (Å²) in [4.78, 5) is 25.7. The van der Waals surface area contributed by atoms with Crippen LogP contribution < -0.4 is 5.32 Å². The van der Waals surface area contributed by atoms with Crippen LogP contribution in [0.1, 0.15) is 34.3 Å². The highest BCUT2D eigenvalue weighted by Crippen LogP contribution is 2.20. The van der Waals surface area contributed by atoms with E-state index in [1.807, 2.05) is 49.4 Å². The fourth-order valence-electron chi connectivity index (χ4n) is 3.33. The summed E-state index contributed by atoms with van der Waals surface area (Å²) < 4.78 is 0. The molecular weight excluding hydrogens is 328 g/mol.